The zero-order chi connectivity index (χ0) is 15.6. The highest BCUT2D eigenvalue weighted by molar-refractivity contribution is 5.87. The zero-order valence-corrected chi connectivity index (χ0v) is 13.2. The molecule has 0 amide bonds. The molecule has 0 saturated carbocycles. The summed E-state index contributed by atoms with van der Waals surface area (Å²) in [5.41, 5.74) is 0. The molecule has 0 spiro atoms. The number of carboxylic acid groups (broad SMARTS) is 2. The summed E-state index contributed by atoms with van der Waals surface area (Å²) in [6.07, 6.45) is 0.769. The van der Waals surface area contributed by atoms with Crippen LogP contribution in [-0.4, -0.2) is 82.8 Å². The van der Waals surface area contributed by atoms with Gasteiger partial charge in [0.05, 0.1) is 68.3 Å². The van der Waals surface area contributed by atoms with Crippen LogP contribution in [0.2, 0.25) is 0 Å². The minimum Gasteiger partial charge on any atom is -0.545 e. The molecule has 0 aliphatic rings. The Hall–Kier alpha value is -1.44. The van der Waals surface area contributed by atoms with Gasteiger partial charge in [0.25, 0.3) is 0 Å². The number of aliphatic carboxylic acids is 2. The number of carboxylic acids is 2. The molecule has 0 heterocycles. The normalized spacial score (nSPS) is 10.3. The summed E-state index contributed by atoms with van der Waals surface area (Å²) in [4.78, 5) is 18.8. The Kier molecular flexibility index (Phi) is 16.0. The van der Waals surface area contributed by atoms with Crippen molar-refractivity contribution in [2.45, 2.75) is 0 Å². The number of quaternary nitrogens is 2. The Morgan fingerprint density at radius 1 is 0.684 bits per heavy atom. The summed E-state index contributed by atoms with van der Waals surface area (Å²) in [6.45, 7) is 0. The van der Waals surface area contributed by atoms with Gasteiger partial charge in [-0.25, -0.2) is 0 Å². The van der Waals surface area contributed by atoms with Crippen LogP contribution < -0.4 is 10.2 Å². The van der Waals surface area contributed by atoms with Crippen molar-refractivity contribution in [3.8, 4) is 0 Å². The minimum absolute atomic E-state index is 0. The van der Waals surface area contributed by atoms with Crippen LogP contribution in [-0.2, 0) is 9.59 Å². The largest absolute Gasteiger partial charge is 0.545 e. The first-order chi connectivity index (χ1) is 7.63. The predicted octanol–water partition coefficient (Wildman–Crippen LogP) is -3.14. The van der Waals surface area contributed by atoms with Crippen molar-refractivity contribution in [1.82, 2.24) is 0 Å². The van der Waals surface area contributed by atoms with E-state index in [4.69, 9.17) is 0 Å². The van der Waals surface area contributed by atoms with Crippen LogP contribution in [0.1, 0.15) is 0 Å². The molecule has 0 bridgehead atoms. The van der Waals surface area contributed by atoms with Gasteiger partial charge in [-0.2, -0.15) is 0 Å². The van der Waals surface area contributed by atoms with E-state index in [9.17, 15) is 19.8 Å². The molecule has 7 nitrogen and oxygen atoms in total. The third kappa shape index (κ3) is 277. The van der Waals surface area contributed by atoms with Gasteiger partial charge >= 0.3 is 0 Å². The minimum atomic E-state index is -1.55. The smallest absolute Gasteiger partial charge is 0.0675 e. The number of carbonyl (C=O) groups excluding carboxylic acids is 2. The Bertz CT molecular complexity index is 235. The van der Waals surface area contributed by atoms with Crippen LogP contribution in [0.25, 0.3) is 0 Å². The second kappa shape index (κ2) is 11.6. The first-order valence-electron chi connectivity index (χ1n) is 5.30. The van der Waals surface area contributed by atoms with Crippen molar-refractivity contribution in [3.63, 3.8) is 0 Å². The molecule has 0 aliphatic heterocycles. The molecule has 116 valence electrons. The molecule has 0 atom stereocenters. The van der Waals surface area contributed by atoms with Gasteiger partial charge in [-0.05, 0) is 12.2 Å². The van der Waals surface area contributed by atoms with Crippen LogP contribution in [0.15, 0.2) is 12.2 Å². The van der Waals surface area contributed by atoms with Gasteiger partial charge in [-0.15, -0.1) is 0 Å². The molecular formula is C12H28N2O5. The summed E-state index contributed by atoms with van der Waals surface area (Å²) in [6, 6.07) is 0. The summed E-state index contributed by atoms with van der Waals surface area (Å²) >= 11 is 0. The molecule has 2 N–H and O–H groups in total. The van der Waals surface area contributed by atoms with Crippen LogP contribution in [0.4, 0.5) is 0 Å². The van der Waals surface area contributed by atoms with Gasteiger partial charge in [0, 0.05) is 0 Å². The molecule has 7 heteroatoms. The second-order valence-corrected chi connectivity index (χ2v) is 6.34. The lowest BCUT2D eigenvalue weighted by molar-refractivity contribution is -0.849. The molecule has 0 radical (unpaired) electrons. The van der Waals surface area contributed by atoms with Gasteiger partial charge in [0.1, 0.15) is 0 Å². The van der Waals surface area contributed by atoms with Crippen molar-refractivity contribution in [2.75, 3.05) is 56.4 Å². The molecule has 0 aromatic heterocycles. The summed E-state index contributed by atoms with van der Waals surface area (Å²) in [5.74, 6) is -3.09. The summed E-state index contributed by atoms with van der Waals surface area (Å²) < 4.78 is 2.00. The standard InChI is InChI=1S/2C4H12N.C4H4O4.H2O/c2*1-5(2,3)4;5-3(6)1-2-4(7)8;/h2*1-4H3;1-2H,(H,5,6)(H,7,8);1H2/q2*+1;;/p-2/b;;2-1-;. The van der Waals surface area contributed by atoms with Crippen LogP contribution in [0.5, 0.6) is 0 Å². The molecule has 0 unspecified atom stereocenters. The van der Waals surface area contributed by atoms with E-state index in [1.54, 1.807) is 0 Å². The van der Waals surface area contributed by atoms with E-state index < -0.39 is 11.9 Å². The van der Waals surface area contributed by atoms with Crippen LogP contribution in [0.3, 0.4) is 0 Å². The van der Waals surface area contributed by atoms with Crippen LogP contribution >= 0.6 is 0 Å². The molecule has 0 saturated heterocycles. The summed E-state index contributed by atoms with van der Waals surface area (Å²) in [5, 5.41) is 18.8. The maximum absolute atomic E-state index is 9.41. The van der Waals surface area contributed by atoms with Crippen LogP contribution in [0, 0.1) is 0 Å². The van der Waals surface area contributed by atoms with E-state index in [1.807, 2.05) is 0 Å². The van der Waals surface area contributed by atoms with E-state index in [1.165, 1.54) is 0 Å². The Balaban J connectivity index is -0.0000000906. The van der Waals surface area contributed by atoms with Gasteiger partial charge in [0.15, 0.2) is 0 Å². The van der Waals surface area contributed by atoms with E-state index in [0.717, 1.165) is 8.97 Å². The van der Waals surface area contributed by atoms with Gasteiger partial charge in [0.2, 0.25) is 0 Å². The highest BCUT2D eigenvalue weighted by Gasteiger charge is 1.88. The van der Waals surface area contributed by atoms with Crippen molar-refractivity contribution in [3.05, 3.63) is 12.2 Å². The molecule has 19 heavy (non-hydrogen) atoms. The van der Waals surface area contributed by atoms with E-state index >= 15 is 0 Å². The van der Waals surface area contributed by atoms with Crippen molar-refractivity contribution in [2.24, 2.45) is 0 Å². The number of hydrogen-bond acceptors (Lipinski definition) is 4. The average molecular weight is 280 g/mol. The SMILES string of the molecule is C[N+](C)(C)C.C[N+](C)(C)C.O.O=C([O-])/C=C\C(=O)[O-]. The van der Waals surface area contributed by atoms with Crippen molar-refractivity contribution < 1.29 is 34.2 Å². The average Bonchev–Trinajstić information content (AvgIpc) is 1.93. The van der Waals surface area contributed by atoms with E-state index in [0.29, 0.717) is 12.2 Å². The van der Waals surface area contributed by atoms with Crippen molar-refractivity contribution in [1.29, 1.82) is 0 Å². The molecule has 0 rings (SSSR count). The third-order valence-electron chi connectivity index (χ3n) is 0.355. The first kappa shape index (κ1) is 26.2. The lowest BCUT2D eigenvalue weighted by Crippen LogP contribution is -2.27. The van der Waals surface area contributed by atoms with Gasteiger partial charge < -0.3 is 34.2 Å². The van der Waals surface area contributed by atoms with Gasteiger partial charge in [-0.3, -0.25) is 0 Å². The first-order valence-corrected chi connectivity index (χ1v) is 5.30. The predicted molar refractivity (Wildman–Crippen MR) is 70.7 cm³/mol. The van der Waals surface area contributed by atoms with Gasteiger partial charge in [-0.1, -0.05) is 0 Å². The quantitative estimate of drug-likeness (QED) is 0.393. The van der Waals surface area contributed by atoms with Crippen molar-refractivity contribution >= 4 is 11.9 Å². The highest BCUT2D eigenvalue weighted by Crippen LogP contribution is 1.74. The lowest BCUT2D eigenvalue weighted by atomic mass is 10.5. The number of carbonyl (C=O) groups is 2. The van der Waals surface area contributed by atoms with E-state index in [2.05, 4.69) is 56.4 Å². The van der Waals surface area contributed by atoms with E-state index in [-0.39, 0.29) is 5.48 Å². The Morgan fingerprint density at radius 2 is 0.789 bits per heavy atom. The maximum Gasteiger partial charge on any atom is 0.0675 e. The monoisotopic (exact) mass is 280 g/mol. The summed E-state index contributed by atoms with van der Waals surface area (Å²) in [7, 11) is 17.0. The fourth-order valence-corrected chi connectivity index (χ4v) is 0.136. The number of hydrogen-bond donors (Lipinski definition) is 0. The topological polar surface area (TPSA) is 112 Å². The Labute approximate surface area is 115 Å². The number of rotatable bonds is 2. The third-order valence-corrected chi connectivity index (χ3v) is 0.355. The Morgan fingerprint density at radius 3 is 0.842 bits per heavy atom. The molecule has 0 fully saturated rings. The number of nitrogens with zero attached hydrogens (tertiary/aromatic N) is 2. The second-order valence-electron chi connectivity index (χ2n) is 6.34. The maximum atomic E-state index is 9.41. The fourth-order valence-electron chi connectivity index (χ4n) is 0.136. The molecule has 0 aromatic rings. The fraction of sp³-hybridized carbons (Fsp3) is 0.667. The highest BCUT2D eigenvalue weighted by atomic mass is 16.4. The zero-order valence-electron chi connectivity index (χ0n) is 13.2. The molecule has 0 aromatic carbocycles. The molecule has 0 aliphatic carbocycles. The lowest BCUT2D eigenvalue weighted by Gasteiger charge is -2.14. The molecular weight excluding hydrogens is 252 g/mol.